The summed E-state index contributed by atoms with van der Waals surface area (Å²) >= 11 is 0. The fourth-order valence-corrected chi connectivity index (χ4v) is 2.79. The number of hydrogen-bond donors (Lipinski definition) is 0. The molecule has 4 rings (SSSR count). The molecule has 0 aliphatic rings. The van der Waals surface area contributed by atoms with Crippen LogP contribution in [0.4, 0.5) is 0 Å². The van der Waals surface area contributed by atoms with Gasteiger partial charge < -0.3 is 0 Å². The SMILES string of the molecule is CC(C)(C)C=Cc1ccccc1.c1ccc2cc3ccccc3cc2c1. The van der Waals surface area contributed by atoms with Crippen LogP contribution >= 0.6 is 0 Å². The molecule has 0 radical (unpaired) electrons. The topological polar surface area (TPSA) is 0 Å². The molecule has 0 saturated heterocycles. The highest BCUT2D eigenvalue weighted by molar-refractivity contribution is 5.98. The first-order valence-electron chi connectivity index (χ1n) is 9.13. The molecule has 0 amide bonds. The Balaban J connectivity index is 0.000000153. The second-order valence-electron chi connectivity index (χ2n) is 7.66. The van der Waals surface area contributed by atoms with Crippen molar-refractivity contribution in [2.24, 2.45) is 5.41 Å². The van der Waals surface area contributed by atoms with Crippen LogP contribution in [-0.2, 0) is 0 Å². The number of fused-ring (bicyclic) bond motifs is 2. The maximum absolute atomic E-state index is 2.24. The predicted molar refractivity (Wildman–Crippen MR) is 116 cm³/mol. The second kappa shape index (κ2) is 8.01. The van der Waals surface area contributed by atoms with Crippen molar-refractivity contribution in [1.82, 2.24) is 0 Å². The van der Waals surface area contributed by atoms with Gasteiger partial charge in [-0.15, -0.1) is 0 Å². The lowest BCUT2D eigenvalue weighted by Crippen LogP contribution is -1.97. The van der Waals surface area contributed by atoms with E-state index in [1.807, 2.05) is 6.07 Å². The van der Waals surface area contributed by atoms with E-state index in [2.05, 4.69) is 118 Å². The molecule has 0 unspecified atom stereocenters. The summed E-state index contributed by atoms with van der Waals surface area (Å²) < 4.78 is 0. The van der Waals surface area contributed by atoms with Crippen LogP contribution in [0.15, 0.2) is 97.1 Å². The summed E-state index contributed by atoms with van der Waals surface area (Å²) in [6, 6.07) is 31.8. The van der Waals surface area contributed by atoms with Gasteiger partial charge in [0.15, 0.2) is 0 Å². The molecule has 0 bridgehead atoms. The van der Waals surface area contributed by atoms with E-state index in [1.54, 1.807) is 0 Å². The van der Waals surface area contributed by atoms with E-state index in [4.69, 9.17) is 0 Å². The second-order valence-corrected chi connectivity index (χ2v) is 7.66. The number of rotatable bonds is 1. The summed E-state index contributed by atoms with van der Waals surface area (Å²) in [6.45, 7) is 6.60. The van der Waals surface area contributed by atoms with Crippen LogP contribution in [0.5, 0.6) is 0 Å². The zero-order valence-electron chi connectivity index (χ0n) is 15.8. The van der Waals surface area contributed by atoms with Crippen LogP contribution in [0.2, 0.25) is 0 Å². The minimum Gasteiger partial charge on any atom is -0.0785 e. The first-order valence-corrected chi connectivity index (χ1v) is 9.13. The smallest absolute Gasteiger partial charge is 0.0178 e. The Labute approximate surface area is 156 Å². The lowest BCUT2D eigenvalue weighted by Gasteiger charge is -2.10. The fraction of sp³-hybridized carbons (Fsp3) is 0.154. The summed E-state index contributed by atoms with van der Waals surface area (Å²) in [7, 11) is 0. The van der Waals surface area contributed by atoms with Gasteiger partial charge in [0.25, 0.3) is 0 Å². The fourth-order valence-electron chi connectivity index (χ4n) is 2.79. The van der Waals surface area contributed by atoms with Crippen LogP contribution in [0.3, 0.4) is 0 Å². The Bertz CT molecular complexity index is 897. The van der Waals surface area contributed by atoms with Crippen LogP contribution in [0.1, 0.15) is 26.3 Å². The quantitative estimate of drug-likeness (QED) is 0.311. The molecule has 0 aliphatic carbocycles. The highest BCUT2D eigenvalue weighted by Crippen LogP contribution is 2.22. The Morgan fingerprint density at radius 1 is 0.538 bits per heavy atom. The summed E-state index contributed by atoms with van der Waals surface area (Å²) in [5, 5.41) is 5.25. The van der Waals surface area contributed by atoms with E-state index in [-0.39, 0.29) is 5.41 Å². The van der Waals surface area contributed by atoms with Crippen molar-refractivity contribution >= 4 is 27.6 Å². The lowest BCUT2D eigenvalue weighted by atomic mass is 9.95. The Hall–Kier alpha value is -2.86. The van der Waals surface area contributed by atoms with Gasteiger partial charge in [-0.3, -0.25) is 0 Å². The molecule has 0 N–H and O–H groups in total. The van der Waals surface area contributed by atoms with Gasteiger partial charge >= 0.3 is 0 Å². The van der Waals surface area contributed by atoms with Crippen LogP contribution in [0.25, 0.3) is 27.6 Å². The van der Waals surface area contributed by atoms with Gasteiger partial charge in [0.2, 0.25) is 0 Å². The zero-order chi connectivity index (χ0) is 18.4. The third-order valence-electron chi connectivity index (χ3n) is 4.19. The normalized spacial score (nSPS) is 11.5. The Kier molecular flexibility index (Phi) is 5.53. The monoisotopic (exact) mass is 338 g/mol. The molecule has 0 atom stereocenters. The average molecular weight is 338 g/mol. The molecule has 0 spiro atoms. The standard InChI is InChI=1S/C14H10.C12H16/c1-2-6-12-10-14-8-4-3-7-13(14)9-11(12)5-1;1-12(2,3)10-9-11-7-5-4-6-8-11/h1-10H;4-10H,1-3H3. The van der Waals surface area contributed by atoms with E-state index in [9.17, 15) is 0 Å². The summed E-state index contributed by atoms with van der Waals surface area (Å²) in [5.41, 5.74) is 1.54. The first-order chi connectivity index (χ1) is 12.5. The van der Waals surface area contributed by atoms with Crippen molar-refractivity contribution in [3.8, 4) is 0 Å². The third kappa shape index (κ3) is 5.07. The van der Waals surface area contributed by atoms with Crippen LogP contribution in [0, 0.1) is 5.41 Å². The van der Waals surface area contributed by atoms with Gasteiger partial charge in [0.1, 0.15) is 0 Å². The van der Waals surface area contributed by atoms with Crippen molar-refractivity contribution in [3.63, 3.8) is 0 Å². The molecule has 130 valence electrons. The first kappa shape index (κ1) is 17.9. The molecule has 26 heavy (non-hydrogen) atoms. The van der Waals surface area contributed by atoms with E-state index in [1.165, 1.54) is 27.1 Å². The van der Waals surface area contributed by atoms with Gasteiger partial charge in [-0.25, -0.2) is 0 Å². The largest absolute Gasteiger partial charge is 0.0785 e. The molecule has 0 aliphatic heterocycles. The van der Waals surface area contributed by atoms with E-state index in [0.717, 1.165) is 0 Å². The molecule has 0 saturated carbocycles. The van der Waals surface area contributed by atoms with E-state index >= 15 is 0 Å². The maximum Gasteiger partial charge on any atom is -0.0178 e. The average Bonchev–Trinajstić information content (AvgIpc) is 2.65. The summed E-state index contributed by atoms with van der Waals surface area (Å²) in [4.78, 5) is 0. The minimum atomic E-state index is 0.274. The van der Waals surface area contributed by atoms with Gasteiger partial charge in [-0.2, -0.15) is 0 Å². The van der Waals surface area contributed by atoms with Crippen molar-refractivity contribution in [2.75, 3.05) is 0 Å². The highest BCUT2D eigenvalue weighted by Gasteiger charge is 2.02. The molecule has 4 aromatic rings. The summed E-state index contributed by atoms with van der Waals surface area (Å²) in [6.07, 6.45) is 4.39. The Morgan fingerprint density at radius 2 is 0.923 bits per heavy atom. The third-order valence-corrected chi connectivity index (χ3v) is 4.19. The minimum absolute atomic E-state index is 0.274. The molecule has 0 nitrogen and oxygen atoms in total. The molecule has 0 heterocycles. The van der Waals surface area contributed by atoms with Gasteiger partial charge in [0.05, 0.1) is 0 Å². The Morgan fingerprint density at radius 3 is 1.31 bits per heavy atom. The highest BCUT2D eigenvalue weighted by atomic mass is 14.1. The molecule has 4 aromatic carbocycles. The van der Waals surface area contributed by atoms with Crippen molar-refractivity contribution in [2.45, 2.75) is 20.8 Å². The molecule has 0 fully saturated rings. The van der Waals surface area contributed by atoms with Gasteiger partial charge in [0, 0.05) is 0 Å². The molecular formula is C26H26. The van der Waals surface area contributed by atoms with Crippen LogP contribution in [-0.4, -0.2) is 0 Å². The number of hydrogen-bond acceptors (Lipinski definition) is 0. The van der Waals surface area contributed by atoms with Crippen molar-refractivity contribution < 1.29 is 0 Å². The van der Waals surface area contributed by atoms with Gasteiger partial charge in [-0.05, 0) is 44.7 Å². The van der Waals surface area contributed by atoms with E-state index in [0.29, 0.717) is 0 Å². The van der Waals surface area contributed by atoms with Crippen molar-refractivity contribution in [1.29, 1.82) is 0 Å². The zero-order valence-corrected chi connectivity index (χ0v) is 15.8. The molecule has 0 heteroatoms. The van der Waals surface area contributed by atoms with E-state index < -0.39 is 0 Å². The van der Waals surface area contributed by atoms with Gasteiger partial charge in [-0.1, -0.05) is 112 Å². The maximum atomic E-state index is 2.24. The molecule has 0 aromatic heterocycles. The summed E-state index contributed by atoms with van der Waals surface area (Å²) in [5.74, 6) is 0. The molecular weight excluding hydrogens is 312 g/mol. The lowest BCUT2D eigenvalue weighted by molar-refractivity contribution is 0.547. The number of allylic oxidation sites excluding steroid dienone is 1. The number of benzene rings is 4. The van der Waals surface area contributed by atoms with Crippen LogP contribution < -0.4 is 0 Å². The predicted octanol–water partition coefficient (Wildman–Crippen LogP) is 7.74. The van der Waals surface area contributed by atoms with Crippen molar-refractivity contribution in [3.05, 3.63) is 103 Å².